The molecule has 0 saturated carbocycles. The van der Waals surface area contributed by atoms with Gasteiger partial charge in [0.25, 0.3) is 0 Å². The molecule has 0 bridgehead atoms. The van der Waals surface area contributed by atoms with E-state index < -0.39 is 0 Å². The lowest BCUT2D eigenvalue weighted by atomic mass is 10.1. The molecule has 0 radical (unpaired) electrons. The Balaban J connectivity index is 1.82. The second kappa shape index (κ2) is 4.76. The van der Waals surface area contributed by atoms with Gasteiger partial charge in [-0.2, -0.15) is 0 Å². The standard InChI is InChI=1S/C11H17N3O2/c1-11(2)8-12-6-9(16-11)7-15-10-13-4-3-5-14-10/h3-5,9,12H,6-8H2,1-2H3. The molecule has 5 heteroatoms. The van der Waals surface area contributed by atoms with Crippen LogP contribution in [0.1, 0.15) is 13.8 Å². The number of aromatic nitrogens is 2. The number of rotatable bonds is 3. The summed E-state index contributed by atoms with van der Waals surface area (Å²) >= 11 is 0. The van der Waals surface area contributed by atoms with Crippen LogP contribution in [0.4, 0.5) is 0 Å². The third-order valence-electron chi connectivity index (χ3n) is 2.35. The average Bonchev–Trinajstić information content (AvgIpc) is 2.27. The molecule has 1 aliphatic rings. The van der Waals surface area contributed by atoms with E-state index in [0.717, 1.165) is 13.1 Å². The van der Waals surface area contributed by atoms with Gasteiger partial charge in [0.1, 0.15) is 12.7 Å². The molecular formula is C11H17N3O2. The highest BCUT2D eigenvalue weighted by molar-refractivity contribution is 4.93. The van der Waals surface area contributed by atoms with Crippen molar-refractivity contribution in [2.24, 2.45) is 0 Å². The van der Waals surface area contributed by atoms with E-state index in [1.165, 1.54) is 0 Å². The van der Waals surface area contributed by atoms with Crippen LogP contribution in [-0.4, -0.2) is 41.4 Å². The van der Waals surface area contributed by atoms with Gasteiger partial charge in [0.2, 0.25) is 0 Å². The van der Waals surface area contributed by atoms with Crippen molar-refractivity contribution in [3.05, 3.63) is 18.5 Å². The summed E-state index contributed by atoms with van der Waals surface area (Å²) in [5, 5.41) is 3.32. The Hall–Kier alpha value is -1.20. The van der Waals surface area contributed by atoms with Gasteiger partial charge in [-0.05, 0) is 19.9 Å². The first-order chi connectivity index (χ1) is 7.66. The molecule has 1 aromatic rings. The Morgan fingerprint density at radius 1 is 1.50 bits per heavy atom. The summed E-state index contributed by atoms with van der Waals surface area (Å²) in [6, 6.07) is 2.16. The molecule has 2 heterocycles. The molecule has 88 valence electrons. The van der Waals surface area contributed by atoms with Crippen molar-refractivity contribution < 1.29 is 9.47 Å². The average molecular weight is 223 g/mol. The van der Waals surface area contributed by atoms with Crippen LogP contribution >= 0.6 is 0 Å². The third-order valence-corrected chi connectivity index (χ3v) is 2.35. The molecule has 0 amide bonds. The van der Waals surface area contributed by atoms with E-state index >= 15 is 0 Å². The molecule has 5 nitrogen and oxygen atoms in total. The summed E-state index contributed by atoms with van der Waals surface area (Å²) in [7, 11) is 0. The molecule has 1 atom stereocenters. The molecule has 1 N–H and O–H groups in total. The highest BCUT2D eigenvalue weighted by atomic mass is 16.6. The van der Waals surface area contributed by atoms with Crippen molar-refractivity contribution in [2.75, 3.05) is 19.7 Å². The van der Waals surface area contributed by atoms with Crippen LogP contribution in [0.2, 0.25) is 0 Å². The van der Waals surface area contributed by atoms with Crippen LogP contribution in [0, 0.1) is 0 Å². The fourth-order valence-electron chi connectivity index (χ4n) is 1.69. The molecule has 1 saturated heterocycles. The number of nitrogens with zero attached hydrogens (tertiary/aromatic N) is 2. The summed E-state index contributed by atoms with van der Waals surface area (Å²) in [6.07, 6.45) is 3.37. The second-order valence-electron chi connectivity index (χ2n) is 4.47. The van der Waals surface area contributed by atoms with E-state index in [0.29, 0.717) is 12.6 Å². The van der Waals surface area contributed by atoms with Crippen LogP contribution in [0.3, 0.4) is 0 Å². The summed E-state index contributed by atoms with van der Waals surface area (Å²) in [5.74, 6) is 0. The van der Waals surface area contributed by atoms with Crippen molar-refractivity contribution in [2.45, 2.75) is 25.6 Å². The minimum atomic E-state index is -0.135. The molecule has 0 aromatic carbocycles. The first-order valence-electron chi connectivity index (χ1n) is 5.44. The Morgan fingerprint density at radius 3 is 2.94 bits per heavy atom. The van der Waals surface area contributed by atoms with Crippen molar-refractivity contribution in [3.63, 3.8) is 0 Å². The number of hydrogen-bond donors (Lipinski definition) is 1. The quantitative estimate of drug-likeness (QED) is 0.814. The highest BCUT2D eigenvalue weighted by Crippen LogP contribution is 2.15. The van der Waals surface area contributed by atoms with Crippen molar-refractivity contribution in [1.82, 2.24) is 15.3 Å². The van der Waals surface area contributed by atoms with Gasteiger partial charge >= 0.3 is 6.01 Å². The topological polar surface area (TPSA) is 56.3 Å². The number of morpholine rings is 1. The van der Waals surface area contributed by atoms with E-state index in [2.05, 4.69) is 29.1 Å². The minimum absolute atomic E-state index is 0.0487. The molecule has 1 aromatic heterocycles. The fourth-order valence-corrected chi connectivity index (χ4v) is 1.69. The smallest absolute Gasteiger partial charge is 0.316 e. The Kier molecular flexibility index (Phi) is 3.36. The van der Waals surface area contributed by atoms with Gasteiger partial charge in [0, 0.05) is 25.5 Å². The molecule has 1 aliphatic heterocycles. The van der Waals surface area contributed by atoms with Crippen molar-refractivity contribution >= 4 is 0 Å². The zero-order valence-corrected chi connectivity index (χ0v) is 9.64. The number of ether oxygens (including phenoxy) is 2. The van der Waals surface area contributed by atoms with Crippen LogP contribution in [-0.2, 0) is 4.74 Å². The molecule has 1 fully saturated rings. The van der Waals surface area contributed by atoms with Gasteiger partial charge in [0.05, 0.1) is 5.60 Å². The van der Waals surface area contributed by atoms with E-state index in [1.54, 1.807) is 18.5 Å². The zero-order valence-electron chi connectivity index (χ0n) is 9.64. The SMILES string of the molecule is CC1(C)CNCC(COc2ncccn2)O1. The van der Waals surface area contributed by atoms with Gasteiger partial charge in [-0.25, -0.2) is 9.97 Å². The fraction of sp³-hybridized carbons (Fsp3) is 0.636. The van der Waals surface area contributed by atoms with Crippen LogP contribution in [0.25, 0.3) is 0 Å². The van der Waals surface area contributed by atoms with Crippen molar-refractivity contribution in [1.29, 1.82) is 0 Å². The second-order valence-corrected chi connectivity index (χ2v) is 4.47. The van der Waals surface area contributed by atoms with Gasteiger partial charge in [0.15, 0.2) is 0 Å². The van der Waals surface area contributed by atoms with Gasteiger partial charge in [-0.15, -0.1) is 0 Å². The Labute approximate surface area is 95.2 Å². The Morgan fingerprint density at radius 2 is 2.25 bits per heavy atom. The lowest BCUT2D eigenvalue weighted by molar-refractivity contribution is -0.107. The van der Waals surface area contributed by atoms with E-state index in [1.807, 2.05) is 0 Å². The molecule has 2 rings (SSSR count). The largest absolute Gasteiger partial charge is 0.461 e. The van der Waals surface area contributed by atoms with Crippen LogP contribution in [0.15, 0.2) is 18.5 Å². The normalized spacial score (nSPS) is 24.0. The molecule has 16 heavy (non-hydrogen) atoms. The van der Waals surface area contributed by atoms with Crippen molar-refractivity contribution in [3.8, 4) is 6.01 Å². The first kappa shape index (κ1) is 11.3. The molecule has 1 unspecified atom stereocenters. The van der Waals surface area contributed by atoms with E-state index in [4.69, 9.17) is 9.47 Å². The number of nitrogens with one attached hydrogen (secondary N) is 1. The summed E-state index contributed by atoms with van der Waals surface area (Å²) in [6.45, 7) is 6.26. The summed E-state index contributed by atoms with van der Waals surface area (Å²) < 4.78 is 11.3. The maximum atomic E-state index is 5.85. The lowest BCUT2D eigenvalue weighted by Gasteiger charge is -2.36. The van der Waals surface area contributed by atoms with E-state index in [-0.39, 0.29) is 11.7 Å². The predicted octanol–water partition coefficient (Wildman–Crippen LogP) is 0.622. The first-order valence-corrected chi connectivity index (χ1v) is 5.44. The van der Waals surface area contributed by atoms with Gasteiger partial charge in [-0.3, -0.25) is 0 Å². The molecule has 0 aliphatic carbocycles. The maximum absolute atomic E-state index is 5.85. The summed E-state index contributed by atoms with van der Waals surface area (Å²) in [5.41, 5.74) is -0.135. The Bertz CT molecular complexity index is 329. The summed E-state index contributed by atoms with van der Waals surface area (Å²) in [4.78, 5) is 7.98. The van der Waals surface area contributed by atoms with Gasteiger partial charge in [-0.1, -0.05) is 0 Å². The van der Waals surface area contributed by atoms with Crippen LogP contribution < -0.4 is 10.1 Å². The highest BCUT2D eigenvalue weighted by Gasteiger charge is 2.28. The predicted molar refractivity (Wildman–Crippen MR) is 59.3 cm³/mol. The minimum Gasteiger partial charge on any atom is -0.461 e. The lowest BCUT2D eigenvalue weighted by Crippen LogP contribution is -2.52. The number of hydrogen-bond acceptors (Lipinski definition) is 5. The maximum Gasteiger partial charge on any atom is 0.316 e. The monoisotopic (exact) mass is 223 g/mol. The van der Waals surface area contributed by atoms with Crippen LogP contribution in [0.5, 0.6) is 6.01 Å². The molecular weight excluding hydrogens is 206 g/mol. The van der Waals surface area contributed by atoms with Gasteiger partial charge < -0.3 is 14.8 Å². The molecule has 0 spiro atoms. The van der Waals surface area contributed by atoms with E-state index in [9.17, 15) is 0 Å². The zero-order chi connectivity index (χ0) is 11.4. The third kappa shape index (κ3) is 3.15.